The van der Waals surface area contributed by atoms with Crippen molar-refractivity contribution in [1.29, 1.82) is 0 Å². The van der Waals surface area contributed by atoms with Crippen molar-refractivity contribution in [3.8, 4) is 17.1 Å². The summed E-state index contributed by atoms with van der Waals surface area (Å²) in [5, 5.41) is 16.5. The van der Waals surface area contributed by atoms with Crippen LogP contribution in [0.5, 0.6) is 5.75 Å². The third-order valence-corrected chi connectivity index (χ3v) is 7.24. The molecular weight excluding hydrogens is 552 g/mol. The predicted molar refractivity (Wildman–Crippen MR) is 155 cm³/mol. The van der Waals surface area contributed by atoms with E-state index in [-0.39, 0.29) is 23.9 Å². The molecular formula is C29H25ClN4O5S. The van der Waals surface area contributed by atoms with Crippen molar-refractivity contribution in [3.63, 3.8) is 0 Å². The number of carbonyl (C=O) groups excluding carboxylic acids is 1. The number of aromatic nitrogens is 1. The summed E-state index contributed by atoms with van der Waals surface area (Å²) < 4.78 is 11.6. The number of hydrogen-bond acceptors (Lipinski definition) is 6. The van der Waals surface area contributed by atoms with E-state index in [0.717, 1.165) is 5.69 Å². The lowest BCUT2D eigenvalue weighted by Crippen LogP contribution is -2.32. The highest BCUT2D eigenvalue weighted by Gasteiger charge is 2.41. The van der Waals surface area contributed by atoms with Crippen LogP contribution in [0.25, 0.3) is 11.3 Å². The number of halogens is 1. The molecule has 4 aromatic rings. The molecule has 40 heavy (non-hydrogen) atoms. The standard InChI is InChI=1S/C29H25ClN4O5S/c1-38-23-8-3-2-6-20(23)32-25(35)13-15-34-27(26(33-29(34)40)21-7-4-5-14-31-21)24-12-11-22(39-24)18-16-17(28(36)37)9-10-19(18)30/h2-12,14,16,26-27H,13,15H2,1H3,(H,32,35)(H,33,40)(H,36,37). The predicted octanol–water partition coefficient (Wildman–Crippen LogP) is 5.70. The minimum atomic E-state index is -1.07. The van der Waals surface area contributed by atoms with Crippen LogP contribution in [-0.2, 0) is 4.79 Å². The van der Waals surface area contributed by atoms with Gasteiger partial charge in [0.25, 0.3) is 0 Å². The van der Waals surface area contributed by atoms with Crippen LogP contribution in [0.15, 0.2) is 83.4 Å². The van der Waals surface area contributed by atoms with Gasteiger partial charge in [-0.3, -0.25) is 9.78 Å². The number of carbonyl (C=O) groups is 2. The number of methoxy groups -OCH3 is 1. The fourth-order valence-electron chi connectivity index (χ4n) is 4.64. The van der Waals surface area contributed by atoms with Gasteiger partial charge in [0.15, 0.2) is 5.11 Å². The van der Waals surface area contributed by atoms with Crippen molar-refractivity contribution in [1.82, 2.24) is 15.2 Å². The number of furan rings is 1. The van der Waals surface area contributed by atoms with E-state index in [1.807, 2.05) is 35.2 Å². The lowest BCUT2D eigenvalue weighted by atomic mass is 10.0. The molecule has 2 unspecified atom stereocenters. The van der Waals surface area contributed by atoms with Crippen molar-refractivity contribution < 1.29 is 23.8 Å². The Morgan fingerprint density at radius 3 is 2.70 bits per heavy atom. The quantitative estimate of drug-likeness (QED) is 0.216. The molecule has 0 radical (unpaired) electrons. The first-order valence-corrected chi connectivity index (χ1v) is 13.2. The zero-order valence-electron chi connectivity index (χ0n) is 21.3. The summed E-state index contributed by atoms with van der Waals surface area (Å²) in [6.45, 7) is 0.298. The SMILES string of the molecule is COc1ccccc1NC(=O)CCN1C(=S)NC(c2ccccn2)C1c1ccc(-c2cc(C(=O)O)ccc2Cl)o1. The minimum Gasteiger partial charge on any atom is -0.495 e. The molecule has 1 aliphatic rings. The van der Waals surface area contributed by atoms with Crippen LogP contribution in [0.4, 0.5) is 5.69 Å². The molecule has 0 bridgehead atoms. The van der Waals surface area contributed by atoms with Crippen LogP contribution in [0, 0.1) is 0 Å². The van der Waals surface area contributed by atoms with Gasteiger partial charge in [0.05, 0.1) is 35.1 Å². The maximum atomic E-state index is 12.9. The van der Waals surface area contributed by atoms with Gasteiger partial charge in [-0.1, -0.05) is 29.8 Å². The molecule has 2 aromatic carbocycles. The van der Waals surface area contributed by atoms with Crippen molar-refractivity contribution in [2.45, 2.75) is 18.5 Å². The number of aromatic carboxylic acids is 1. The number of nitrogens with one attached hydrogen (secondary N) is 2. The molecule has 1 saturated heterocycles. The Morgan fingerprint density at radius 2 is 1.95 bits per heavy atom. The molecule has 11 heteroatoms. The molecule has 204 valence electrons. The maximum Gasteiger partial charge on any atom is 0.335 e. The maximum absolute atomic E-state index is 12.9. The van der Waals surface area contributed by atoms with Gasteiger partial charge in [-0.15, -0.1) is 0 Å². The molecule has 1 aliphatic heterocycles. The van der Waals surface area contributed by atoms with Crippen LogP contribution in [0.3, 0.4) is 0 Å². The lowest BCUT2D eigenvalue weighted by Gasteiger charge is -2.26. The monoisotopic (exact) mass is 576 g/mol. The molecule has 2 atom stereocenters. The highest BCUT2D eigenvalue weighted by molar-refractivity contribution is 7.80. The number of carboxylic acid groups (broad SMARTS) is 1. The van der Waals surface area contributed by atoms with Crippen molar-refractivity contribution in [2.75, 3.05) is 19.0 Å². The van der Waals surface area contributed by atoms with E-state index >= 15 is 0 Å². The fourth-order valence-corrected chi connectivity index (χ4v) is 5.18. The summed E-state index contributed by atoms with van der Waals surface area (Å²) in [5.74, 6) is 0.262. The van der Waals surface area contributed by atoms with Gasteiger partial charge in [0, 0.05) is 24.7 Å². The van der Waals surface area contributed by atoms with E-state index in [1.54, 1.807) is 37.6 Å². The number of anilines is 1. The van der Waals surface area contributed by atoms with Crippen LogP contribution in [0.2, 0.25) is 5.02 Å². The highest BCUT2D eigenvalue weighted by atomic mass is 35.5. The zero-order valence-corrected chi connectivity index (χ0v) is 22.9. The number of para-hydroxylation sites is 2. The first kappa shape index (κ1) is 27.2. The van der Waals surface area contributed by atoms with Crippen LogP contribution in [0.1, 0.15) is 40.3 Å². The Labute approximate surface area is 240 Å². The molecule has 5 rings (SSSR count). The number of nitrogens with zero attached hydrogens (tertiary/aromatic N) is 2. The number of pyridine rings is 1. The van der Waals surface area contributed by atoms with E-state index < -0.39 is 12.0 Å². The Balaban J connectivity index is 1.43. The van der Waals surface area contributed by atoms with Gasteiger partial charge in [-0.05, 0) is 66.8 Å². The molecule has 1 fully saturated rings. The summed E-state index contributed by atoms with van der Waals surface area (Å²) in [7, 11) is 1.55. The van der Waals surface area contributed by atoms with Gasteiger partial charge in [0.1, 0.15) is 23.3 Å². The first-order valence-electron chi connectivity index (χ1n) is 12.4. The van der Waals surface area contributed by atoms with E-state index in [2.05, 4.69) is 15.6 Å². The summed E-state index contributed by atoms with van der Waals surface area (Å²) in [6.07, 6.45) is 1.84. The number of ether oxygens (including phenoxy) is 1. The number of thiocarbonyl (C=S) groups is 1. The Kier molecular flexibility index (Phi) is 7.99. The van der Waals surface area contributed by atoms with Crippen LogP contribution < -0.4 is 15.4 Å². The molecule has 0 aliphatic carbocycles. The topological polar surface area (TPSA) is 117 Å². The molecule has 3 heterocycles. The van der Waals surface area contributed by atoms with E-state index in [1.165, 1.54) is 18.2 Å². The van der Waals surface area contributed by atoms with E-state index in [9.17, 15) is 14.7 Å². The smallest absolute Gasteiger partial charge is 0.335 e. The van der Waals surface area contributed by atoms with Gasteiger partial charge in [-0.2, -0.15) is 0 Å². The van der Waals surface area contributed by atoms with E-state index in [4.69, 9.17) is 33.0 Å². The van der Waals surface area contributed by atoms with Crippen LogP contribution in [-0.4, -0.2) is 45.6 Å². The molecule has 3 N–H and O–H groups in total. The summed E-state index contributed by atoms with van der Waals surface area (Å²) in [6, 6.07) is 20.0. The number of amides is 1. The first-order chi connectivity index (χ1) is 19.4. The van der Waals surface area contributed by atoms with Crippen molar-refractivity contribution in [2.24, 2.45) is 0 Å². The molecule has 2 aromatic heterocycles. The van der Waals surface area contributed by atoms with Gasteiger partial charge in [-0.25, -0.2) is 4.79 Å². The van der Waals surface area contributed by atoms with Gasteiger partial charge >= 0.3 is 5.97 Å². The summed E-state index contributed by atoms with van der Waals surface area (Å²) >= 11 is 12.1. The number of rotatable bonds is 9. The minimum absolute atomic E-state index is 0.0927. The largest absolute Gasteiger partial charge is 0.495 e. The third kappa shape index (κ3) is 5.63. The highest BCUT2D eigenvalue weighted by Crippen LogP contribution is 2.41. The van der Waals surface area contributed by atoms with Crippen molar-refractivity contribution in [3.05, 3.63) is 101 Å². The Hall–Kier alpha value is -4.41. The molecule has 1 amide bonds. The second kappa shape index (κ2) is 11.8. The lowest BCUT2D eigenvalue weighted by molar-refractivity contribution is -0.116. The molecule has 0 saturated carbocycles. The van der Waals surface area contributed by atoms with E-state index in [0.29, 0.717) is 45.2 Å². The molecule has 0 spiro atoms. The van der Waals surface area contributed by atoms with Gasteiger partial charge < -0.3 is 29.8 Å². The second-order valence-electron chi connectivity index (χ2n) is 9.02. The number of hydrogen-bond donors (Lipinski definition) is 3. The second-order valence-corrected chi connectivity index (χ2v) is 9.81. The average Bonchev–Trinajstić information content (AvgIpc) is 3.57. The van der Waals surface area contributed by atoms with Crippen LogP contribution >= 0.6 is 23.8 Å². The zero-order chi connectivity index (χ0) is 28.2. The number of carboxylic acids is 1. The normalized spacial score (nSPS) is 16.4. The van der Waals surface area contributed by atoms with Gasteiger partial charge in [0.2, 0.25) is 5.91 Å². The Morgan fingerprint density at radius 1 is 1.15 bits per heavy atom. The third-order valence-electron chi connectivity index (χ3n) is 6.56. The summed E-state index contributed by atoms with van der Waals surface area (Å²) in [5.41, 5.74) is 1.88. The summed E-state index contributed by atoms with van der Waals surface area (Å²) in [4.78, 5) is 30.8. The molecule has 9 nitrogen and oxygen atoms in total. The Bertz CT molecular complexity index is 1560. The van der Waals surface area contributed by atoms with Crippen molar-refractivity contribution >= 4 is 46.5 Å². The fraction of sp³-hybridized carbons (Fsp3) is 0.172. The average molecular weight is 577 g/mol. The number of benzene rings is 2.